The molecule has 0 spiro atoms. The second-order valence-corrected chi connectivity index (χ2v) is 9.19. The maximum absolute atomic E-state index is 12.8. The summed E-state index contributed by atoms with van der Waals surface area (Å²) in [7, 11) is 2.17. The Bertz CT molecular complexity index is 1100. The van der Waals surface area contributed by atoms with Crippen LogP contribution in [0.25, 0.3) is 5.69 Å². The lowest BCUT2D eigenvalue weighted by atomic mass is 10.0. The third-order valence-corrected chi connectivity index (χ3v) is 6.21. The minimum atomic E-state index is -0.261. The lowest BCUT2D eigenvalue weighted by Crippen LogP contribution is -2.43. The zero-order valence-electron chi connectivity index (χ0n) is 20.1. The highest BCUT2D eigenvalue weighted by Gasteiger charge is 2.18. The first-order valence-corrected chi connectivity index (χ1v) is 11.7. The lowest BCUT2D eigenvalue weighted by Gasteiger charge is -2.32. The van der Waals surface area contributed by atoms with Crippen LogP contribution in [0.2, 0.25) is 0 Å². The second kappa shape index (κ2) is 10.3. The van der Waals surface area contributed by atoms with Gasteiger partial charge < -0.3 is 10.2 Å². The number of hydrogen-bond acceptors (Lipinski definition) is 5. The van der Waals surface area contributed by atoms with E-state index in [2.05, 4.69) is 70.4 Å². The Balaban J connectivity index is 1.40. The number of aromatic nitrogens is 3. The van der Waals surface area contributed by atoms with Gasteiger partial charge in [-0.2, -0.15) is 0 Å². The minimum absolute atomic E-state index is 0.194. The number of nitrogens with one attached hydrogen (secondary N) is 1. The number of amides is 1. The van der Waals surface area contributed by atoms with Crippen LogP contribution >= 0.6 is 0 Å². The van der Waals surface area contributed by atoms with Crippen molar-refractivity contribution in [3.05, 3.63) is 76.9 Å². The van der Waals surface area contributed by atoms with E-state index >= 15 is 0 Å². The molecule has 1 aromatic heterocycles. The van der Waals surface area contributed by atoms with Gasteiger partial charge in [0, 0.05) is 39.3 Å². The third kappa shape index (κ3) is 5.67. The number of likely N-dealkylation sites (N-methyl/N-ethyl adjacent to an activating group) is 1. The van der Waals surface area contributed by atoms with Crippen molar-refractivity contribution >= 4 is 5.91 Å². The molecule has 7 heteroatoms. The Kier molecular flexibility index (Phi) is 7.20. The van der Waals surface area contributed by atoms with E-state index in [1.807, 2.05) is 31.2 Å². The van der Waals surface area contributed by atoms with Crippen molar-refractivity contribution in [2.45, 2.75) is 39.8 Å². The predicted octanol–water partition coefficient (Wildman–Crippen LogP) is 3.38. The van der Waals surface area contributed by atoms with Crippen LogP contribution in [0, 0.1) is 6.92 Å². The van der Waals surface area contributed by atoms with E-state index in [1.165, 1.54) is 11.1 Å². The zero-order valence-corrected chi connectivity index (χ0v) is 20.1. The fourth-order valence-corrected chi connectivity index (χ4v) is 4.25. The van der Waals surface area contributed by atoms with Gasteiger partial charge in [-0.3, -0.25) is 9.69 Å². The number of carbonyl (C=O) groups excluding carboxylic acids is 1. The summed E-state index contributed by atoms with van der Waals surface area (Å²) < 4.78 is 1.76. The summed E-state index contributed by atoms with van der Waals surface area (Å²) in [5, 5.41) is 7.50. The van der Waals surface area contributed by atoms with Crippen LogP contribution in [0.4, 0.5) is 0 Å². The molecule has 0 aliphatic carbocycles. The number of hydrogen-bond donors (Lipinski definition) is 1. The fraction of sp³-hybridized carbons (Fsp3) is 0.423. The van der Waals surface area contributed by atoms with E-state index in [-0.39, 0.29) is 11.7 Å². The van der Waals surface area contributed by atoms with Gasteiger partial charge >= 0.3 is 0 Å². The average molecular weight is 447 g/mol. The van der Waals surface area contributed by atoms with Gasteiger partial charge in [0.15, 0.2) is 0 Å². The molecule has 1 aliphatic rings. The summed E-state index contributed by atoms with van der Waals surface area (Å²) >= 11 is 0. The quantitative estimate of drug-likeness (QED) is 0.603. The number of rotatable bonds is 7. The molecule has 0 bridgehead atoms. The third-order valence-electron chi connectivity index (χ3n) is 6.21. The molecule has 33 heavy (non-hydrogen) atoms. The second-order valence-electron chi connectivity index (χ2n) is 9.19. The number of aryl methyl sites for hydroxylation is 1. The first kappa shape index (κ1) is 23.1. The summed E-state index contributed by atoms with van der Waals surface area (Å²) in [4.78, 5) is 22.1. The normalized spacial score (nSPS) is 15.2. The highest BCUT2D eigenvalue weighted by Crippen LogP contribution is 2.23. The molecule has 3 aromatic rings. The van der Waals surface area contributed by atoms with Crippen molar-refractivity contribution in [1.82, 2.24) is 29.9 Å². The van der Waals surface area contributed by atoms with Crippen LogP contribution in [0.1, 0.15) is 52.9 Å². The van der Waals surface area contributed by atoms with E-state index in [0.717, 1.165) is 44.0 Å². The molecule has 1 fully saturated rings. The number of benzene rings is 2. The molecule has 2 heterocycles. The van der Waals surface area contributed by atoms with Crippen molar-refractivity contribution in [2.24, 2.45) is 0 Å². The molecule has 1 N–H and O–H groups in total. The van der Waals surface area contributed by atoms with Gasteiger partial charge in [-0.1, -0.05) is 56.3 Å². The smallest absolute Gasteiger partial charge is 0.291 e. The van der Waals surface area contributed by atoms with E-state index < -0.39 is 0 Å². The predicted molar refractivity (Wildman–Crippen MR) is 131 cm³/mol. The molecule has 2 aromatic carbocycles. The molecule has 7 nitrogen and oxygen atoms in total. The van der Waals surface area contributed by atoms with Gasteiger partial charge in [-0.15, -0.1) is 5.10 Å². The Morgan fingerprint density at radius 2 is 1.76 bits per heavy atom. The maximum atomic E-state index is 12.8. The highest BCUT2D eigenvalue weighted by atomic mass is 16.2. The largest absolute Gasteiger partial charge is 0.345 e. The van der Waals surface area contributed by atoms with Crippen LogP contribution in [-0.4, -0.2) is 63.7 Å². The number of nitrogens with zero attached hydrogens (tertiary/aromatic N) is 5. The molecule has 0 saturated carbocycles. The molecular weight excluding hydrogens is 412 g/mol. The van der Waals surface area contributed by atoms with Crippen molar-refractivity contribution in [1.29, 1.82) is 0 Å². The molecule has 1 amide bonds. The topological polar surface area (TPSA) is 66.3 Å². The summed E-state index contributed by atoms with van der Waals surface area (Å²) in [5.74, 6) is 0.977. The van der Waals surface area contributed by atoms with E-state index in [0.29, 0.717) is 18.3 Å². The van der Waals surface area contributed by atoms with Gasteiger partial charge in [0.2, 0.25) is 5.82 Å². The van der Waals surface area contributed by atoms with Crippen molar-refractivity contribution in [3.8, 4) is 5.69 Å². The van der Waals surface area contributed by atoms with E-state index in [4.69, 9.17) is 0 Å². The first-order valence-electron chi connectivity index (χ1n) is 11.7. The molecule has 0 unspecified atom stereocenters. The Morgan fingerprint density at radius 1 is 1.03 bits per heavy atom. The van der Waals surface area contributed by atoms with Crippen molar-refractivity contribution in [3.63, 3.8) is 0 Å². The molecule has 174 valence electrons. The summed E-state index contributed by atoms with van der Waals surface area (Å²) in [6.07, 6.45) is 0. The molecule has 4 rings (SSSR count). The summed E-state index contributed by atoms with van der Waals surface area (Å²) in [6, 6.07) is 16.6. The Labute approximate surface area is 196 Å². The Morgan fingerprint density at radius 3 is 2.52 bits per heavy atom. The fourth-order valence-electron chi connectivity index (χ4n) is 4.25. The van der Waals surface area contributed by atoms with E-state index in [1.54, 1.807) is 4.68 Å². The van der Waals surface area contributed by atoms with Crippen molar-refractivity contribution < 1.29 is 4.79 Å². The molecule has 1 saturated heterocycles. The standard InChI is InChI=1S/C26H34N6O/c1-19(2)23-10-5-6-11-24(23)32-20(3)28-25(29-32)26(33)27-17-21-8-7-9-22(16-21)18-31-14-12-30(4)13-15-31/h5-11,16,19H,12-15,17-18H2,1-4H3,(H,27,33). The minimum Gasteiger partial charge on any atom is -0.345 e. The number of carbonyl (C=O) groups is 1. The lowest BCUT2D eigenvalue weighted by molar-refractivity contribution is 0.0940. The molecule has 0 radical (unpaired) electrons. The zero-order chi connectivity index (χ0) is 23.4. The van der Waals surface area contributed by atoms with Gasteiger partial charge in [0.1, 0.15) is 5.82 Å². The van der Waals surface area contributed by atoms with Crippen LogP contribution < -0.4 is 5.32 Å². The van der Waals surface area contributed by atoms with Gasteiger partial charge in [-0.25, -0.2) is 9.67 Å². The number of piperazine rings is 1. The summed E-state index contributed by atoms with van der Waals surface area (Å²) in [6.45, 7) is 12.0. The maximum Gasteiger partial charge on any atom is 0.291 e. The summed E-state index contributed by atoms with van der Waals surface area (Å²) in [5.41, 5.74) is 4.49. The first-order chi connectivity index (χ1) is 15.9. The van der Waals surface area contributed by atoms with Gasteiger partial charge in [0.25, 0.3) is 5.91 Å². The molecule has 0 atom stereocenters. The van der Waals surface area contributed by atoms with Crippen LogP contribution in [-0.2, 0) is 13.1 Å². The van der Waals surface area contributed by atoms with Gasteiger partial charge in [-0.05, 0) is 42.6 Å². The molecule has 1 aliphatic heterocycles. The average Bonchev–Trinajstić information content (AvgIpc) is 3.21. The number of para-hydroxylation sites is 1. The monoisotopic (exact) mass is 446 g/mol. The van der Waals surface area contributed by atoms with Crippen molar-refractivity contribution in [2.75, 3.05) is 33.2 Å². The van der Waals surface area contributed by atoms with Crippen LogP contribution in [0.3, 0.4) is 0 Å². The highest BCUT2D eigenvalue weighted by molar-refractivity contribution is 5.90. The SMILES string of the molecule is Cc1nc(C(=O)NCc2cccc(CN3CCN(C)CC3)c2)nn1-c1ccccc1C(C)C. The molecular formula is C26H34N6O. The Hall–Kier alpha value is -3.03. The van der Waals surface area contributed by atoms with Crippen LogP contribution in [0.15, 0.2) is 48.5 Å². The van der Waals surface area contributed by atoms with Gasteiger partial charge in [0.05, 0.1) is 5.69 Å². The van der Waals surface area contributed by atoms with E-state index in [9.17, 15) is 4.79 Å². The van der Waals surface area contributed by atoms with Crippen LogP contribution in [0.5, 0.6) is 0 Å².